The summed E-state index contributed by atoms with van der Waals surface area (Å²) in [7, 11) is 0. The molecular weight excluding hydrogens is 195 g/mol. The van der Waals surface area contributed by atoms with E-state index in [2.05, 4.69) is 5.32 Å². The minimum absolute atomic E-state index is 0.0548. The van der Waals surface area contributed by atoms with Gasteiger partial charge in [-0.15, -0.1) is 0 Å². The molecule has 0 spiro atoms. The molecule has 0 heterocycles. The van der Waals surface area contributed by atoms with Crippen LogP contribution in [0.1, 0.15) is 24.2 Å². The number of nitrogens with one attached hydrogen (secondary N) is 1. The molecule has 0 aliphatic heterocycles. The molecule has 0 saturated heterocycles. The highest BCUT2D eigenvalue weighted by atomic mass is 19.1. The van der Waals surface area contributed by atoms with Crippen molar-refractivity contribution in [3.8, 4) is 6.07 Å². The zero-order chi connectivity index (χ0) is 11.5. The van der Waals surface area contributed by atoms with Crippen molar-refractivity contribution in [3.63, 3.8) is 0 Å². The van der Waals surface area contributed by atoms with Crippen LogP contribution in [0.2, 0.25) is 0 Å². The minimum atomic E-state index is -1.00. The molecule has 3 nitrogen and oxygen atoms in total. The fourth-order valence-electron chi connectivity index (χ4n) is 1.02. The van der Waals surface area contributed by atoms with E-state index in [-0.39, 0.29) is 5.56 Å². The van der Waals surface area contributed by atoms with Crippen LogP contribution in [0.5, 0.6) is 0 Å². The molecule has 0 unspecified atom stereocenters. The Hall–Kier alpha value is -1.89. The molecule has 0 bridgehead atoms. The Morgan fingerprint density at radius 3 is 2.60 bits per heavy atom. The maximum absolute atomic E-state index is 13.2. The van der Waals surface area contributed by atoms with Crippen molar-refractivity contribution in [2.75, 3.05) is 0 Å². The summed E-state index contributed by atoms with van der Waals surface area (Å²) < 4.78 is 13.2. The van der Waals surface area contributed by atoms with Gasteiger partial charge < -0.3 is 5.32 Å². The normalized spacial score (nSPS) is 10.5. The lowest BCUT2D eigenvalue weighted by atomic mass is 10.1. The second-order valence-corrected chi connectivity index (χ2v) is 3.67. The Morgan fingerprint density at radius 2 is 2.07 bits per heavy atom. The van der Waals surface area contributed by atoms with Gasteiger partial charge in [-0.05, 0) is 26.0 Å². The number of hydrogen-bond acceptors (Lipinski definition) is 2. The van der Waals surface area contributed by atoms with Gasteiger partial charge in [0.2, 0.25) is 0 Å². The predicted octanol–water partition coefficient (Wildman–Crippen LogP) is 1.86. The SMILES string of the molecule is CC(C)(C#N)NC(=O)c1ccccc1F. The fraction of sp³-hybridized carbons (Fsp3) is 0.273. The zero-order valence-corrected chi connectivity index (χ0v) is 8.54. The van der Waals surface area contributed by atoms with Crippen LogP contribution >= 0.6 is 0 Å². The van der Waals surface area contributed by atoms with Gasteiger partial charge in [0, 0.05) is 0 Å². The quantitative estimate of drug-likeness (QED) is 0.802. The Morgan fingerprint density at radius 1 is 1.47 bits per heavy atom. The molecule has 0 atom stereocenters. The number of carbonyl (C=O) groups is 1. The van der Waals surface area contributed by atoms with E-state index in [1.807, 2.05) is 6.07 Å². The van der Waals surface area contributed by atoms with Crippen molar-refractivity contribution in [2.45, 2.75) is 19.4 Å². The molecular formula is C11H11FN2O. The first-order valence-electron chi connectivity index (χ1n) is 4.44. The van der Waals surface area contributed by atoms with E-state index < -0.39 is 17.3 Å². The number of carbonyl (C=O) groups excluding carboxylic acids is 1. The summed E-state index contributed by atoms with van der Waals surface area (Å²) in [6.45, 7) is 3.09. The van der Waals surface area contributed by atoms with Crippen molar-refractivity contribution < 1.29 is 9.18 Å². The van der Waals surface area contributed by atoms with Crippen LogP contribution < -0.4 is 5.32 Å². The number of nitriles is 1. The molecule has 0 fully saturated rings. The summed E-state index contributed by atoms with van der Waals surface area (Å²) in [5.41, 5.74) is -1.06. The highest BCUT2D eigenvalue weighted by Crippen LogP contribution is 2.08. The molecule has 4 heteroatoms. The average Bonchev–Trinajstić information content (AvgIpc) is 2.17. The molecule has 1 rings (SSSR count). The number of benzene rings is 1. The van der Waals surface area contributed by atoms with Gasteiger partial charge >= 0.3 is 0 Å². The van der Waals surface area contributed by atoms with E-state index in [9.17, 15) is 9.18 Å². The molecule has 0 aliphatic rings. The van der Waals surface area contributed by atoms with Crippen molar-refractivity contribution in [2.24, 2.45) is 0 Å². The maximum atomic E-state index is 13.2. The van der Waals surface area contributed by atoms with E-state index in [1.54, 1.807) is 19.9 Å². The smallest absolute Gasteiger partial charge is 0.255 e. The van der Waals surface area contributed by atoms with Gasteiger partial charge in [-0.1, -0.05) is 12.1 Å². The van der Waals surface area contributed by atoms with E-state index in [4.69, 9.17) is 5.26 Å². The summed E-state index contributed by atoms with van der Waals surface area (Å²) in [5, 5.41) is 11.1. The molecule has 0 aromatic heterocycles. The lowest BCUT2D eigenvalue weighted by Gasteiger charge is -2.17. The van der Waals surface area contributed by atoms with Crippen LogP contribution in [0.25, 0.3) is 0 Å². The van der Waals surface area contributed by atoms with Gasteiger partial charge in [0.15, 0.2) is 0 Å². The fourth-order valence-corrected chi connectivity index (χ4v) is 1.02. The van der Waals surface area contributed by atoms with Gasteiger partial charge in [-0.3, -0.25) is 4.79 Å². The Kier molecular flexibility index (Phi) is 3.05. The molecule has 1 N–H and O–H groups in total. The number of amides is 1. The topological polar surface area (TPSA) is 52.9 Å². The van der Waals surface area contributed by atoms with Crippen LogP contribution in [0, 0.1) is 17.1 Å². The standard InChI is InChI=1S/C11H11FN2O/c1-11(2,7-13)14-10(15)8-5-3-4-6-9(8)12/h3-6H,1-2H3,(H,14,15). The number of nitrogens with zero attached hydrogens (tertiary/aromatic N) is 1. The van der Waals surface area contributed by atoms with Crippen LogP contribution in [0.3, 0.4) is 0 Å². The molecule has 0 aliphatic carbocycles. The molecule has 1 amide bonds. The second-order valence-electron chi connectivity index (χ2n) is 3.67. The van der Waals surface area contributed by atoms with E-state index in [0.29, 0.717) is 0 Å². The summed E-state index contributed by atoms with van der Waals surface area (Å²) in [6.07, 6.45) is 0. The summed E-state index contributed by atoms with van der Waals surface area (Å²) in [6, 6.07) is 7.55. The summed E-state index contributed by atoms with van der Waals surface area (Å²) >= 11 is 0. The Bertz CT molecular complexity index is 421. The largest absolute Gasteiger partial charge is 0.334 e. The van der Waals surface area contributed by atoms with Gasteiger partial charge in [0.1, 0.15) is 11.4 Å². The molecule has 78 valence electrons. The third-order valence-corrected chi connectivity index (χ3v) is 1.82. The number of rotatable bonds is 2. The van der Waals surface area contributed by atoms with Crippen LogP contribution in [0.15, 0.2) is 24.3 Å². The molecule has 1 aromatic rings. The first-order chi connectivity index (χ1) is 6.96. The minimum Gasteiger partial charge on any atom is -0.334 e. The zero-order valence-electron chi connectivity index (χ0n) is 8.54. The number of hydrogen-bond donors (Lipinski definition) is 1. The molecule has 0 saturated carbocycles. The van der Waals surface area contributed by atoms with E-state index in [1.165, 1.54) is 18.2 Å². The first kappa shape index (κ1) is 11.2. The Labute approximate surface area is 87.5 Å². The molecule has 15 heavy (non-hydrogen) atoms. The van der Waals surface area contributed by atoms with Gasteiger partial charge in [-0.25, -0.2) is 4.39 Å². The highest BCUT2D eigenvalue weighted by molar-refractivity contribution is 5.95. The predicted molar refractivity (Wildman–Crippen MR) is 53.6 cm³/mol. The van der Waals surface area contributed by atoms with Crippen LogP contribution in [0.4, 0.5) is 4.39 Å². The van der Waals surface area contributed by atoms with Crippen molar-refractivity contribution in [3.05, 3.63) is 35.6 Å². The summed E-state index contributed by atoms with van der Waals surface area (Å²) in [5.74, 6) is -1.18. The number of halogens is 1. The lowest BCUT2D eigenvalue weighted by molar-refractivity contribution is 0.0925. The second kappa shape index (κ2) is 4.09. The Balaban J connectivity index is 2.89. The van der Waals surface area contributed by atoms with E-state index >= 15 is 0 Å². The third-order valence-electron chi connectivity index (χ3n) is 1.82. The van der Waals surface area contributed by atoms with Gasteiger partial charge in [-0.2, -0.15) is 5.26 Å². The lowest BCUT2D eigenvalue weighted by Crippen LogP contribution is -2.42. The molecule has 1 aromatic carbocycles. The van der Waals surface area contributed by atoms with Crippen LogP contribution in [-0.2, 0) is 0 Å². The maximum Gasteiger partial charge on any atom is 0.255 e. The highest BCUT2D eigenvalue weighted by Gasteiger charge is 2.21. The van der Waals surface area contributed by atoms with Crippen molar-refractivity contribution >= 4 is 5.91 Å². The molecule has 0 radical (unpaired) electrons. The van der Waals surface area contributed by atoms with E-state index in [0.717, 1.165) is 0 Å². The van der Waals surface area contributed by atoms with Crippen molar-refractivity contribution in [1.29, 1.82) is 5.26 Å². The van der Waals surface area contributed by atoms with Gasteiger partial charge in [0.25, 0.3) is 5.91 Å². The monoisotopic (exact) mass is 206 g/mol. The average molecular weight is 206 g/mol. The summed E-state index contributed by atoms with van der Waals surface area (Å²) in [4.78, 5) is 11.5. The third kappa shape index (κ3) is 2.78. The first-order valence-corrected chi connectivity index (χ1v) is 4.44. The van der Waals surface area contributed by atoms with Crippen LogP contribution in [-0.4, -0.2) is 11.4 Å². The van der Waals surface area contributed by atoms with Crippen molar-refractivity contribution in [1.82, 2.24) is 5.32 Å². The van der Waals surface area contributed by atoms with Gasteiger partial charge in [0.05, 0.1) is 11.6 Å².